The van der Waals surface area contributed by atoms with Crippen molar-refractivity contribution in [2.45, 2.75) is 6.92 Å². The number of aromatic carboxylic acids is 1. The molecule has 0 aliphatic carbocycles. The SMILES string of the molecule is CC(=O)Oc1ccc2occ(C(=O)O)c(=O)c2c1. The maximum absolute atomic E-state index is 11.8. The lowest BCUT2D eigenvalue weighted by molar-refractivity contribution is -0.131. The monoisotopic (exact) mass is 248 g/mol. The molecule has 0 spiro atoms. The molecule has 1 heterocycles. The van der Waals surface area contributed by atoms with Gasteiger partial charge in [-0.15, -0.1) is 0 Å². The van der Waals surface area contributed by atoms with Gasteiger partial charge in [0.1, 0.15) is 23.2 Å². The topological polar surface area (TPSA) is 93.8 Å². The summed E-state index contributed by atoms with van der Waals surface area (Å²) in [4.78, 5) is 33.4. The molecule has 0 aliphatic rings. The van der Waals surface area contributed by atoms with Gasteiger partial charge >= 0.3 is 11.9 Å². The molecule has 2 rings (SSSR count). The summed E-state index contributed by atoms with van der Waals surface area (Å²) in [6.07, 6.45) is 0.887. The van der Waals surface area contributed by atoms with Crippen molar-refractivity contribution in [2.24, 2.45) is 0 Å². The third kappa shape index (κ3) is 2.08. The van der Waals surface area contributed by atoms with Crippen LogP contribution >= 0.6 is 0 Å². The van der Waals surface area contributed by atoms with Crippen molar-refractivity contribution in [3.8, 4) is 5.75 Å². The van der Waals surface area contributed by atoms with Crippen LogP contribution in [0.15, 0.2) is 33.7 Å². The molecule has 0 saturated carbocycles. The van der Waals surface area contributed by atoms with Crippen molar-refractivity contribution >= 4 is 22.9 Å². The van der Waals surface area contributed by atoms with Gasteiger partial charge in [0, 0.05) is 6.92 Å². The Morgan fingerprint density at radius 1 is 1.33 bits per heavy atom. The van der Waals surface area contributed by atoms with Gasteiger partial charge in [0.05, 0.1) is 5.39 Å². The third-order valence-corrected chi connectivity index (χ3v) is 2.24. The maximum Gasteiger partial charge on any atom is 0.342 e. The molecular formula is C12H8O6. The van der Waals surface area contributed by atoms with Gasteiger partial charge in [0.25, 0.3) is 0 Å². The Hall–Kier alpha value is -2.63. The van der Waals surface area contributed by atoms with Crippen LogP contribution in [0.3, 0.4) is 0 Å². The fraction of sp³-hybridized carbons (Fsp3) is 0.0833. The minimum Gasteiger partial charge on any atom is -0.477 e. The molecule has 0 aliphatic heterocycles. The van der Waals surface area contributed by atoms with Crippen LogP contribution in [0.1, 0.15) is 17.3 Å². The molecule has 1 aromatic heterocycles. The zero-order chi connectivity index (χ0) is 13.3. The Morgan fingerprint density at radius 2 is 2.06 bits per heavy atom. The average Bonchev–Trinajstić information content (AvgIpc) is 2.29. The van der Waals surface area contributed by atoms with E-state index >= 15 is 0 Å². The largest absolute Gasteiger partial charge is 0.477 e. The summed E-state index contributed by atoms with van der Waals surface area (Å²) in [5.41, 5.74) is -0.930. The van der Waals surface area contributed by atoms with E-state index in [2.05, 4.69) is 0 Å². The summed E-state index contributed by atoms with van der Waals surface area (Å²) in [6.45, 7) is 1.22. The van der Waals surface area contributed by atoms with E-state index in [9.17, 15) is 14.4 Å². The average molecular weight is 248 g/mol. The van der Waals surface area contributed by atoms with E-state index in [-0.39, 0.29) is 16.7 Å². The fourth-order valence-corrected chi connectivity index (χ4v) is 1.49. The van der Waals surface area contributed by atoms with E-state index in [1.54, 1.807) is 0 Å². The predicted molar refractivity (Wildman–Crippen MR) is 60.8 cm³/mol. The number of carbonyl (C=O) groups is 2. The molecule has 0 unspecified atom stereocenters. The van der Waals surface area contributed by atoms with Crippen molar-refractivity contribution in [3.63, 3.8) is 0 Å². The Balaban J connectivity index is 2.66. The van der Waals surface area contributed by atoms with Crippen molar-refractivity contribution in [3.05, 3.63) is 40.2 Å². The summed E-state index contributed by atoms with van der Waals surface area (Å²) >= 11 is 0. The minimum atomic E-state index is -1.37. The molecule has 0 amide bonds. The lowest BCUT2D eigenvalue weighted by atomic mass is 10.1. The molecule has 2 aromatic rings. The summed E-state index contributed by atoms with van der Waals surface area (Å²) in [7, 11) is 0. The number of fused-ring (bicyclic) bond motifs is 1. The number of rotatable bonds is 2. The first-order valence-electron chi connectivity index (χ1n) is 4.96. The van der Waals surface area contributed by atoms with Gasteiger partial charge in [0.15, 0.2) is 0 Å². The van der Waals surface area contributed by atoms with Gasteiger partial charge in [-0.25, -0.2) is 4.79 Å². The molecule has 0 bridgehead atoms. The highest BCUT2D eigenvalue weighted by molar-refractivity contribution is 5.91. The lowest BCUT2D eigenvalue weighted by Gasteiger charge is -2.02. The van der Waals surface area contributed by atoms with Crippen molar-refractivity contribution < 1.29 is 23.8 Å². The number of benzene rings is 1. The van der Waals surface area contributed by atoms with Gasteiger partial charge in [-0.2, -0.15) is 0 Å². The molecule has 0 atom stereocenters. The highest BCUT2D eigenvalue weighted by Crippen LogP contribution is 2.19. The van der Waals surface area contributed by atoms with E-state index in [0.717, 1.165) is 6.26 Å². The molecule has 6 heteroatoms. The number of hydrogen-bond acceptors (Lipinski definition) is 5. The van der Waals surface area contributed by atoms with Gasteiger partial charge in [-0.05, 0) is 18.2 Å². The van der Waals surface area contributed by atoms with E-state index in [4.69, 9.17) is 14.3 Å². The minimum absolute atomic E-state index is 0.0497. The standard InChI is InChI=1S/C12H8O6/c1-6(13)18-7-2-3-10-8(4-7)11(14)9(5-17-10)12(15)16/h2-5H,1H3,(H,15,16). The van der Waals surface area contributed by atoms with Gasteiger partial charge in [0.2, 0.25) is 5.43 Å². The van der Waals surface area contributed by atoms with Crippen LogP contribution < -0.4 is 10.2 Å². The first kappa shape index (κ1) is 11.8. The number of carboxylic acid groups (broad SMARTS) is 1. The molecule has 0 radical (unpaired) electrons. The van der Waals surface area contributed by atoms with Crippen molar-refractivity contribution in [2.75, 3.05) is 0 Å². The lowest BCUT2D eigenvalue weighted by Crippen LogP contribution is -2.14. The smallest absolute Gasteiger partial charge is 0.342 e. The van der Waals surface area contributed by atoms with Crippen LogP contribution in [0.25, 0.3) is 11.0 Å². The fourth-order valence-electron chi connectivity index (χ4n) is 1.49. The van der Waals surface area contributed by atoms with Crippen molar-refractivity contribution in [1.82, 2.24) is 0 Å². The molecule has 1 aromatic carbocycles. The predicted octanol–water partition coefficient (Wildman–Crippen LogP) is 1.42. The molecule has 0 saturated heterocycles. The number of hydrogen-bond donors (Lipinski definition) is 1. The molecule has 1 N–H and O–H groups in total. The zero-order valence-electron chi connectivity index (χ0n) is 9.30. The zero-order valence-corrected chi connectivity index (χ0v) is 9.30. The highest BCUT2D eigenvalue weighted by Gasteiger charge is 2.13. The van der Waals surface area contributed by atoms with Crippen molar-refractivity contribution in [1.29, 1.82) is 0 Å². The Bertz CT molecular complexity index is 697. The van der Waals surface area contributed by atoms with Crippen LogP contribution in [-0.4, -0.2) is 17.0 Å². The Morgan fingerprint density at radius 3 is 2.67 bits per heavy atom. The maximum atomic E-state index is 11.8. The van der Waals surface area contributed by atoms with Gasteiger partial charge < -0.3 is 14.3 Å². The van der Waals surface area contributed by atoms with E-state index < -0.39 is 22.9 Å². The quantitative estimate of drug-likeness (QED) is 0.638. The van der Waals surface area contributed by atoms with Crippen LogP contribution in [0.5, 0.6) is 5.75 Å². The third-order valence-electron chi connectivity index (χ3n) is 2.24. The van der Waals surface area contributed by atoms with Crippen LogP contribution in [0.2, 0.25) is 0 Å². The number of ether oxygens (including phenoxy) is 1. The Labute approximate surface area is 100 Å². The van der Waals surface area contributed by atoms with E-state index in [1.165, 1.54) is 25.1 Å². The first-order valence-corrected chi connectivity index (χ1v) is 4.96. The second-order valence-electron chi connectivity index (χ2n) is 3.54. The number of carbonyl (C=O) groups excluding carboxylic acids is 1. The van der Waals surface area contributed by atoms with Crippen LogP contribution in [0.4, 0.5) is 0 Å². The Kier molecular flexibility index (Phi) is 2.85. The normalized spacial score (nSPS) is 10.3. The van der Waals surface area contributed by atoms with E-state index in [0.29, 0.717) is 0 Å². The second kappa shape index (κ2) is 4.33. The molecule has 0 fully saturated rings. The number of carboxylic acids is 1. The van der Waals surface area contributed by atoms with Gasteiger partial charge in [-0.1, -0.05) is 0 Å². The highest BCUT2D eigenvalue weighted by atomic mass is 16.5. The summed E-state index contributed by atoms with van der Waals surface area (Å²) in [6, 6.07) is 4.16. The van der Waals surface area contributed by atoms with Gasteiger partial charge in [-0.3, -0.25) is 9.59 Å². The summed E-state index contributed by atoms with van der Waals surface area (Å²) < 4.78 is 9.83. The molecule has 92 valence electrons. The van der Waals surface area contributed by atoms with Crippen LogP contribution in [-0.2, 0) is 4.79 Å². The first-order chi connectivity index (χ1) is 8.49. The summed E-state index contributed by atoms with van der Waals surface area (Å²) in [5.74, 6) is -1.75. The molecular weight excluding hydrogens is 240 g/mol. The van der Waals surface area contributed by atoms with Crippen LogP contribution in [0, 0.1) is 0 Å². The van der Waals surface area contributed by atoms with E-state index in [1.807, 2.05) is 0 Å². The number of esters is 1. The second-order valence-corrected chi connectivity index (χ2v) is 3.54. The molecule has 6 nitrogen and oxygen atoms in total. The molecule has 18 heavy (non-hydrogen) atoms. The summed E-state index contributed by atoms with van der Waals surface area (Å²) in [5, 5.41) is 8.84.